The minimum absolute atomic E-state index is 0.364. The van der Waals surface area contributed by atoms with E-state index in [1.165, 1.54) is 5.69 Å². The van der Waals surface area contributed by atoms with Gasteiger partial charge < -0.3 is 20.1 Å². The van der Waals surface area contributed by atoms with Gasteiger partial charge in [-0.2, -0.15) is 0 Å². The van der Waals surface area contributed by atoms with Gasteiger partial charge in [-0.3, -0.25) is 4.99 Å². The third kappa shape index (κ3) is 4.34. The van der Waals surface area contributed by atoms with Crippen molar-refractivity contribution in [3.05, 3.63) is 72.4 Å². The zero-order valence-electron chi connectivity index (χ0n) is 16.0. The van der Waals surface area contributed by atoms with Gasteiger partial charge in [-0.15, -0.1) is 0 Å². The Morgan fingerprint density at radius 3 is 2.64 bits per heavy atom. The molecule has 28 heavy (non-hydrogen) atoms. The van der Waals surface area contributed by atoms with Crippen LogP contribution in [0.3, 0.4) is 0 Å². The minimum atomic E-state index is 0.364. The average molecular weight is 375 g/mol. The highest BCUT2D eigenvalue weighted by molar-refractivity contribution is 5.80. The maximum atomic E-state index is 5.46. The molecule has 2 heterocycles. The topological polar surface area (TPSA) is 65.7 Å². The van der Waals surface area contributed by atoms with Gasteiger partial charge in [0.05, 0.1) is 6.54 Å². The van der Waals surface area contributed by atoms with E-state index < -0.39 is 0 Å². The lowest BCUT2D eigenvalue weighted by atomic mass is 10.2. The summed E-state index contributed by atoms with van der Waals surface area (Å²) < 4.78 is 5.46. The van der Waals surface area contributed by atoms with Crippen molar-refractivity contribution in [1.29, 1.82) is 0 Å². The highest BCUT2D eigenvalue weighted by Crippen LogP contribution is 2.20. The third-order valence-electron chi connectivity index (χ3n) is 4.93. The fourth-order valence-corrected chi connectivity index (χ4v) is 3.45. The molecular formula is C22H25N5O. The monoisotopic (exact) mass is 375 g/mol. The Bertz CT molecular complexity index is 907. The summed E-state index contributed by atoms with van der Waals surface area (Å²) in [4.78, 5) is 6.74. The second-order valence-electron chi connectivity index (χ2n) is 6.89. The molecule has 0 bridgehead atoms. The van der Waals surface area contributed by atoms with Gasteiger partial charge in [0, 0.05) is 43.5 Å². The fraction of sp³-hybridized carbons (Fsp3) is 0.273. The van der Waals surface area contributed by atoms with Crippen molar-refractivity contribution < 1.29 is 4.52 Å². The van der Waals surface area contributed by atoms with Gasteiger partial charge in [0.15, 0.2) is 11.7 Å². The SMILES string of the molecule is CN=C(NCc1cc(-c2ccccc2)on1)NC1CCN(c2ccccc2)C1. The molecule has 4 rings (SSSR count). The van der Waals surface area contributed by atoms with Crippen LogP contribution in [0, 0.1) is 0 Å². The lowest BCUT2D eigenvalue weighted by molar-refractivity contribution is 0.422. The average Bonchev–Trinajstić information content (AvgIpc) is 3.42. The van der Waals surface area contributed by atoms with Crippen LogP contribution in [0.2, 0.25) is 0 Å². The first-order valence-corrected chi connectivity index (χ1v) is 9.60. The van der Waals surface area contributed by atoms with Crippen molar-refractivity contribution in [2.75, 3.05) is 25.0 Å². The first-order valence-electron chi connectivity index (χ1n) is 9.60. The fourth-order valence-electron chi connectivity index (χ4n) is 3.45. The van der Waals surface area contributed by atoms with E-state index in [-0.39, 0.29) is 0 Å². The van der Waals surface area contributed by atoms with E-state index in [9.17, 15) is 0 Å². The van der Waals surface area contributed by atoms with Gasteiger partial charge in [-0.1, -0.05) is 53.7 Å². The Morgan fingerprint density at radius 1 is 1.14 bits per heavy atom. The van der Waals surface area contributed by atoms with E-state index in [1.807, 2.05) is 42.5 Å². The molecule has 0 spiro atoms. The summed E-state index contributed by atoms with van der Waals surface area (Å²) in [5.74, 6) is 1.55. The molecule has 1 unspecified atom stereocenters. The van der Waals surface area contributed by atoms with Gasteiger partial charge in [-0.05, 0) is 18.6 Å². The molecule has 6 nitrogen and oxygen atoms in total. The summed E-state index contributed by atoms with van der Waals surface area (Å²) >= 11 is 0. The van der Waals surface area contributed by atoms with Gasteiger partial charge in [0.1, 0.15) is 5.69 Å². The van der Waals surface area contributed by atoms with Crippen molar-refractivity contribution in [3.8, 4) is 11.3 Å². The number of benzene rings is 2. The van der Waals surface area contributed by atoms with E-state index >= 15 is 0 Å². The van der Waals surface area contributed by atoms with Crippen LogP contribution in [0.25, 0.3) is 11.3 Å². The first kappa shape index (κ1) is 18.1. The molecule has 1 atom stereocenters. The summed E-state index contributed by atoms with van der Waals surface area (Å²) in [6.45, 7) is 2.57. The Morgan fingerprint density at radius 2 is 1.89 bits per heavy atom. The molecule has 1 saturated heterocycles. The van der Waals surface area contributed by atoms with Gasteiger partial charge in [-0.25, -0.2) is 0 Å². The largest absolute Gasteiger partial charge is 0.369 e. The molecule has 2 aromatic carbocycles. The maximum absolute atomic E-state index is 5.46. The Hall–Kier alpha value is -3.28. The van der Waals surface area contributed by atoms with Crippen molar-refractivity contribution in [3.63, 3.8) is 0 Å². The molecule has 1 aromatic heterocycles. The lowest BCUT2D eigenvalue weighted by Crippen LogP contribution is -2.44. The quantitative estimate of drug-likeness (QED) is 0.529. The molecule has 0 aliphatic carbocycles. The second-order valence-corrected chi connectivity index (χ2v) is 6.89. The van der Waals surface area contributed by atoms with Crippen molar-refractivity contribution in [1.82, 2.24) is 15.8 Å². The van der Waals surface area contributed by atoms with Crippen molar-refractivity contribution in [2.24, 2.45) is 4.99 Å². The Labute approximate surface area is 165 Å². The highest BCUT2D eigenvalue weighted by atomic mass is 16.5. The Balaban J connectivity index is 1.29. The summed E-state index contributed by atoms with van der Waals surface area (Å²) in [6.07, 6.45) is 1.08. The van der Waals surface area contributed by atoms with Gasteiger partial charge >= 0.3 is 0 Å². The predicted octanol–water partition coefficient (Wildman–Crippen LogP) is 3.29. The number of anilines is 1. The predicted molar refractivity (Wildman–Crippen MR) is 112 cm³/mol. The number of aliphatic imine (C=N–C) groups is 1. The van der Waals surface area contributed by atoms with E-state index in [0.29, 0.717) is 12.6 Å². The molecule has 0 radical (unpaired) electrons. The van der Waals surface area contributed by atoms with Gasteiger partial charge in [0.25, 0.3) is 0 Å². The number of para-hydroxylation sites is 1. The molecule has 1 aliphatic heterocycles. The van der Waals surface area contributed by atoms with Crippen LogP contribution in [0.5, 0.6) is 0 Å². The normalized spacial score (nSPS) is 17.0. The zero-order valence-corrected chi connectivity index (χ0v) is 16.0. The number of nitrogens with zero attached hydrogens (tertiary/aromatic N) is 3. The number of guanidine groups is 1. The van der Waals surface area contributed by atoms with Crippen LogP contribution in [0.15, 0.2) is 76.2 Å². The molecule has 144 valence electrons. The smallest absolute Gasteiger partial charge is 0.191 e. The molecule has 0 amide bonds. The lowest BCUT2D eigenvalue weighted by Gasteiger charge is -2.20. The zero-order chi connectivity index (χ0) is 19.2. The summed E-state index contributed by atoms with van der Waals surface area (Å²) in [5.41, 5.74) is 3.14. The molecule has 3 aromatic rings. The van der Waals surface area contributed by atoms with E-state index in [2.05, 4.69) is 49.9 Å². The van der Waals surface area contributed by atoms with Crippen LogP contribution in [0.1, 0.15) is 12.1 Å². The first-order chi connectivity index (χ1) is 13.8. The molecule has 6 heteroatoms. The number of rotatable bonds is 5. The van der Waals surface area contributed by atoms with E-state index in [4.69, 9.17) is 4.52 Å². The second kappa shape index (κ2) is 8.61. The molecule has 0 saturated carbocycles. The van der Waals surface area contributed by atoms with Gasteiger partial charge in [0.2, 0.25) is 0 Å². The summed E-state index contributed by atoms with van der Waals surface area (Å²) in [6, 6.07) is 22.8. The van der Waals surface area contributed by atoms with Crippen LogP contribution in [0.4, 0.5) is 5.69 Å². The molecular weight excluding hydrogens is 350 g/mol. The van der Waals surface area contributed by atoms with E-state index in [0.717, 1.165) is 42.5 Å². The summed E-state index contributed by atoms with van der Waals surface area (Å²) in [7, 11) is 1.79. The molecule has 2 N–H and O–H groups in total. The highest BCUT2D eigenvalue weighted by Gasteiger charge is 2.23. The van der Waals surface area contributed by atoms with Crippen LogP contribution >= 0.6 is 0 Å². The number of aromatic nitrogens is 1. The van der Waals surface area contributed by atoms with Crippen molar-refractivity contribution >= 4 is 11.6 Å². The van der Waals surface area contributed by atoms with Crippen molar-refractivity contribution in [2.45, 2.75) is 19.0 Å². The summed E-state index contributed by atoms with van der Waals surface area (Å²) in [5, 5.41) is 11.0. The standard InChI is InChI=1S/C22H25N5O/c1-23-22(25-18-12-13-27(16-18)20-10-6-3-7-11-20)24-15-19-14-21(28-26-19)17-8-4-2-5-9-17/h2-11,14,18H,12-13,15-16H2,1H3,(H2,23,24,25). The van der Waals surface area contributed by atoms with E-state index in [1.54, 1.807) is 7.05 Å². The Kier molecular flexibility index (Phi) is 5.56. The number of nitrogens with one attached hydrogen (secondary N) is 2. The van der Waals surface area contributed by atoms with Crippen LogP contribution in [-0.4, -0.2) is 37.3 Å². The number of hydrogen-bond donors (Lipinski definition) is 2. The third-order valence-corrected chi connectivity index (χ3v) is 4.93. The number of hydrogen-bond acceptors (Lipinski definition) is 4. The molecule has 1 fully saturated rings. The van der Waals surface area contributed by atoms with Crippen LogP contribution < -0.4 is 15.5 Å². The molecule has 1 aliphatic rings. The minimum Gasteiger partial charge on any atom is -0.369 e. The van der Waals surface area contributed by atoms with Crippen LogP contribution in [-0.2, 0) is 6.54 Å². The maximum Gasteiger partial charge on any atom is 0.191 e.